The van der Waals surface area contributed by atoms with Crippen LogP contribution in [0.4, 0.5) is 10.8 Å². The fourth-order valence-electron chi connectivity index (χ4n) is 2.55. The molecule has 0 saturated heterocycles. The SMILES string of the molecule is O=C(Cc1ccc(NC(=O)c2ccc(Br)o2)cc1)Nc1nc(-c2ccco2)cs1. The average Bonchev–Trinajstić information content (AvgIpc) is 3.44. The molecular weight excluding hydrogens is 458 g/mol. The number of aromatic nitrogens is 1. The van der Waals surface area contributed by atoms with Crippen molar-refractivity contribution in [2.75, 3.05) is 10.6 Å². The molecular formula is C20H14BrN3O4S. The van der Waals surface area contributed by atoms with E-state index in [0.717, 1.165) is 5.56 Å². The number of halogens is 1. The number of amides is 2. The van der Waals surface area contributed by atoms with Crippen LogP contribution in [-0.4, -0.2) is 16.8 Å². The number of nitrogens with one attached hydrogen (secondary N) is 2. The summed E-state index contributed by atoms with van der Waals surface area (Å²) < 4.78 is 11.0. The van der Waals surface area contributed by atoms with E-state index in [1.54, 1.807) is 48.7 Å². The zero-order valence-corrected chi connectivity index (χ0v) is 17.2. The lowest BCUT2D eigenvalue weighted by Gasteiger charge is -2.05. The van der Waals surface area contributed by atoms with Crippen molar-refractivity contribution in [3.8, 4) is 11.5 Å². The van der Waals surface area contributed by atoms with Gasteiger partial charge in [-0.1, -0.05) is 12.1 Å². The number of benzene rings is 1. The van der Waals surface area contributed by atoms with Crippen LogP contribution in [0.1, 0.15) is 16.1 Å². The van der Waals surface area contributed by atoms with Gasteiger partial charge in [-0.3, -0.25) is 9.59 Å². The number of carbonyl (C=O) groups is 2. The Morgan fingerprint density at radius 1 is 1.07 bits per heavy atom. The van der Waals surface area contributed by atoms with Gasteiger partial charge in [0.25, 0.3) is 5.91 Å². The van der Waals surface area contributed by atoms with Gasteiger partial charge in [-0.25, -0.2) is 4.98 Å². The molecule has 4 aromatic rings. The zero-order valence-electron chi connectivity index (χ0n) is 14.8. The zero-order chi connectivity index (χ0) is 20.2. The number of hydrogen-bond acceptors (Lipinski definition) is 6. The van der Waals surface area contributed by atoms with E-state index in [2.05, 4.69) is 31.5 Å². The highest BCUT2D eigenvalue weighted by atomic mass is 79.9. The topological polar surface area (TPSA) is 97.4 Å². The van der Waals surface area contributed by atoms with Gasteiger partial charge in [0.1, 0.15) is 5.69 Å². The molecule has 0 unspecified atom stereocenters. The fourth-order valence-corrected chi connectivity index (χ4v) is 3.57. The second-order valence-electron chi connectivity index (χ2n) is 5.99. The van der Waals surface area contributed by atoms with E-state index in [-0.39, 0.29) is 24.0 Å². The minimum absolute atomic E-state index is 0.178. The van der Waals surface area contributed by atoms with Gasteiger partial charge in [0.05, 0.1) is 12.7 Å². The minimum atomic E-state index is -0.350. The summed E-state index contributed by atoms with van der Waals surface area (Å²) in [6.45, 7) is 0. The second-order valence-corrected chi connectivity index (χ2v) is 7.63. The van der Waals surface area contributed by atoms with Crippen molar-refractivity contribution in [1.29, 1.82) is 0 Å². The Morgan fingerprint density at radius 2 is 1.90 bits per heavy atom. The van der Waals surface area contributed by atoms with Gasteiger partial charge in [0.2, 0.25) is 5.91 Å². The maximum Gasteiger partial charge on any atom is 0.291 e. The Hall–Kier alpha value is -3.17. The van der Waals surface area contributed by atoms with E-state index < -0.39 is 0 Å². The van der Waals surface area contributed by atoms with Gasteiger partial charge in [-0.15, -0.1) is 11.3 Å². The average molecular weight is 472 g/mol. The maximum atomic E-state index is 12.3. The highest BCUT2D eigenvalue weighted by Crippen LogP contribution is 2.25. The molecule has 0 bridgehead atoms. The minimum Gasteiger partial charge on any atom is -0.463 e. The van der Waals surface area contributed by atoms with Crippen LogP contribution in [0.2, 0.25) is 0 Å². The summed E-state index contributed by atoms with van der Waals surface area (Å²) in [6.07, 6.45) is 1.77. The van der Waals surface area contributed by atoms with Gasteiger partial charge < -0.3 is 19.5 Å². The lowest BCUT2D eigenvalue weighted by molar-refractivity contribution is -0.115. The van der Waals surface area contributed by atoms with Crippen molar-refractivity contribution < 1.29 is 18.4 Å². The smallest absolute Gasteiger partial charge is 0.291 e. The third-order valence-corrected chi connectivity index (χ3v) is 5.08. The monoisotopic (exact) mass is 471 g/mol. The van der Waals surface area contributed by atoms with E-state index in [0.29, 0.717) is 26.9 Å². The van der Waals surface area contributed by atoms with Crippen molar-refractivity contribution >= 4 is 49.9 Å². The summed E-state index contributed by atoms with van der Waals surface area (Å²) in [5, 5.41) is 7.85. The third-order valence-electron chi connectivity index (χ3n) is 3.90. The third kappa shape index (κ3) is 4.82. The Bertz CT molecular complexity index is 1130. The lowest BCUT2D eigenvalue weighted by atomic mass is 10.1. The van der Waals surface area contributed by atoms with E-state index in [1.165, 1.54) is 11.3 Å². The van der Waals surface area contributed by atoms with Crippen molar-refractivity contribution in [2.24, 2.45) is 0 Å². The number of thiazole rings is 1. The number of hydrogen-bond donors (Lipinski definition) is 2. The molecule has 0 spiro atoms. The molecule has 3 aromatic heterocycles. The largest absolute Gasteiger partial charge is 0.463 e. The maximum absolute atomic E-state index is 12.3. The van der Waals surface area contributed by atoms with Crippen molar-refractivity contribution in [3.05, 3.63) is 76.2 Å². The number of rotatable bonds is 6. The Kier molecular flexibility index (Phi) is 5.59. The molecule has 2 N–H and O–H groups in total. The second kappa shape index (κ2) is 8.46. The summed E-state index contributed by atoms with van der Waals surface area (Å²) in [4.78, 5) is 28.7. The predicted octanol–water partition coefficient (Wildman–Crippen LogP) is 5.19. The molecule has 0 fully saturated rings. The molecule has 9 heteroatoms. The molecule has 0 aliphatic carbocycles. The van der Waals surface area contributed by atoms with Crippen LogP contribution in [0.5, 0.6) is 0 Å². The first-order valence-electron chi connectivity index (χ1n) is 8.52. The van der Waals surface area contributed by atoms with E-state index >= 15 is 0 Å². The first-order chi connectivity index (χ1) is 14.1. The number of nitrogens with zero attached hydrogens (tertiary/aromatic N) is 1. The van der Waals surface area contributed by atoms with Crippen LogP contribution in [0.15, 0.2) is 73.7 Å². The van der Waals surface area contributed by atoms with E-state index in [1.807, 2.05) is 11.4 Å². The molecule has 3 heterocycles. The highest BCUT2D eigenvalue weighted by molar-refractivity contribution is 9.10. The summed E-state index contributed by atoms with van der Waals surface area (Å²) in [7, 11) is 0. The highest BCUT2D eigenvalue weighted by Gasteiger charge is 2.12. The molecule has 0 aliphatic heterocycles. The molecule has 29 heavy (non-hydrogen) atoms. The van der Waals surface area contributed by atoms with Crippen LogP contribution < -0.4 is 10.6 Å². The quantitative estimate of drug-likeness (QED) is 0.403. The first-order valence-corrected chi connectivity index (χ1v) is 10.2. The van der Waals surface area contributed by atoms with Gasteiger partial charge in [-0.2, -0.15) is 0 Å². The molecule has 1 aromatic carbocycles. The van der Waals surface area contributed by atoms with Crippen LogP contribution in [0.25, 0.3) is 11.5 Å². The lowest BCUT2D eigenvalue weighted by Crippen LogP contribution is -2.14. The normalized spacial score (nSPS) is 10.7. The van der Waals surface area contributed by atoms with Crippen molar-refractivity contribution in [3.63, 3.8) is 0 Å². The van der Waals surface area contributed by atoms with Gasteiger partial charge in [0.15, 0.2) is 21.3 Å². The number of carbonyl (C=O) groups excluding carboxylic acids is 2. The Balaban J connectivity index is 1.32. The summed E-state index contributed by atoms with van der Waals surface area (Å²) in [5.74, 6) is 0.332. The molecule has 0 aliphatic rings. The van der Waals surface area contributed by atoms with Gasteiger partial charge in [0, 0.05) is 11.1 Å². The number of anilines is 2. The summed E-state index contributed by atoms with van der Waals surface area (Å²) in [5.41, 5.74) is 2.10. The summed E-state index contributed by atoms with van der Waals surface area (Å²) in [6, 6.07) is 13.9. The van der Waals surface area contributed by atoms with Crippen molar-refractivity contribution in [1.82, 2.24) is 4.98 Å². The van der Waals surface area contributed by atoms with Gasteiger partial charge >= 0.3 is 0 Å². The number of furan rings is 2. The van der Waals surface area contributed by atoms with E-state index in [9.17, 15) is 9.59 Å². The van der Waals surface area contributed by atoms with E-state index in [4.69, 9.17) is 8.83 Å². The molecule has 2 amide bonds. The predicted molar refractivity (Wildman–Crippen MR) is 113 cm³/mol. The first kappa shape index (κ1) is 19.2. The van der Waals surface area contributed by atoms with Crippen LogP contribution in [0.3, 0.4) is 0 Å². The van der Waals surface area contributed by atoms with Crippen molar-refractivity contribution in [2.45, 2.75) is 6.42 Å². The standard InChI is InChI=1S/C20H14BrN3O4S/c21-17-8-7-16(28-17)19(26)22-13-5-3-12(4-6-13)10-18(25)24-20-23-14(11-29-20)15-2-1-9-27-15/h1-9,11H,10H2,(H,22,26)(H,23,24,25). The Labute approximate surface area is 177 Å². The molecule has 0 saturated carbocycles. The summed E-state index contributed by atoms with van der Waals surface area (Å²) >= 11 is 4.49. The van der Waals surface area contributed by atoms with Crippen LogP contribution in [-0.2, 0) is 11.2 Å². The molecule has 146 valence electrons. The van der Waals surface area contributed by atoms with Gasteiger partial charge in [-0.05, 0) is 57.9 Å². The molecule has 4 rings (SSSR count). The van der Waals surface area contributed by atoms with Crippen LogP contribution >= 0.6 is 27.3 Å². The fraction of sp³-hybridized carbons (Fsp3) is 0.0500. The molecule has 7 nitrogen and oxygen atoms in total. The van der Waals surface area contributed by atoms with Crippen LogP contribution in [0, 0.1) is 0 Å². The molecule has 0 radical (unpaired) electrons. The molecule has 0 atom stereocenters. The Morgan fingerprint density at radius 3 is 2.59 bits per heavy atom.